The first-order valence-electron chi connectivity index (χ1n) is 9.74. The number of anilines is 1. The van der Waals surface area contributed by atoms with Gasteiger partial charge in [-0.1, -0.05) is 11.6 Å². The molecule has 1 amide bonds. The Morgan fingerprint density at radius 1 is 1.21 bits per heavy atom. The zero-order chi connectivity index (χ0) is 19.3. The summed E-state index contributed by atoms with van der Waals surface area (Å²) >= 11 is 5.96. The van der Waals surface area contributed by atoms with Crippen LogP contribution in [0.2, 0.25) is 5.02 Å². The Labute approximate surface area is 169 Å². The fourth-order valence-corrected chi connectivity index (χ4v) is 3.72. The van der Waals surface area contributed by atoms with Gasteiger partial charge in [0.1, 0.15) is 6.26 Å². The van der Waals surface area contributed by atoms with Gasteiger partial charge >= 0.3 is 0 Å². The molecule has 0 saturated carbocycles. The highest BCUT2D eigenvalue weighted by molar-refractivity contribution is 6.30. The SMILES string of the molecule is O=C(NCC1CCCO1)c1coc(CN2CCN(c3ccc(Cl)cc3)CC2)n1. The molecule has 0 aliphatic carbocycles. The Morgan fingerprint density at radius 2 is 2.00 bits per heavy atom. The zero-order valence-corrected chi connectivity index (χ0v) is 16.5. The number of hydrogen-bond donors (Lipinski definition) is 1. The zero-order valence-electron chi connectivity index (χ0n) is 15.8. The Bertz CT molecular complexity index is 781. The molecule has 2 fully saturated rings. The summed E-state index contributed by atoms with van der Waals surface area (Å²) in [5.41, 5.74) is 1.51. The van der Waals surface area contributed by atoms with Crippen LogP contribution in [0.15, 0.2) is 34.9 Å². The molecule has 150 valence electrons. The average Bonchev–Trinajstić information content (AvgIpc) is 3.40. The number of amides is 1. The van der Waals surface area contributed by atoms with Crippen LogP contribution in [0.1, 0.15) is 29.2 Å². The van der Waals surface area contributed by atoms with Gasteiger partial charge in [0.15, 0.2) is 5.69 Å². The molecule has 2 aliphatic rings. The Hall–Kier alpha value is -2.09. The van der Waals surface area contributed by atoms with E-state index in [2.05, 4.69) is 20.1 Å². The molecule has 2 saturated heterocycles. The van der Waals surface area contributed by atoms with Crippen molar-refractivity contribution in [3.8, 4) is 0 Å². The Kier molecular flexibility index (Phi) is 6.14. The first-order chi connectivity index (χ1) is 13.7. The van der Waals surface area contributed by atoms with Gasteiger partial charge in [0.05, 0.1) is 12.6 Å². The molecule has 1 unspecified atom stereocenters. The van der Waals surface area contributed by atoms with Crippen LogP contribution in [0.3, 0.4) is 0 Å². The van der Waals surface area contributed by atoms with Crippen molar-refractivity contribution in [1.29, 1.82) is 0 Å². The van der Waals surface area contributed by atoms with Crippen LogP contribution in [0.4, 0.5) is 5.69 Å². The standard InChI is InChI=1S/C20H25ClN4O3/c21-15-3-5-16(6-4-15)25-9-7-24(8-10-25)13-19-23-18(14-28-19)20(26)22-12-17-2-1-11-27-17/h3-6,14,17H,1-2,7-13H2,(H,22,26). The van der Waals surface area contributed by atoms with Crippen molar-refractivity contribution in [2.24, 2.45) is 0 Å². The minimum atomic E-state index is -0.210. The summed E-state index contributed by atoms with van der Waals surface area (Å²) in [6, 6.07) is 7.93. The van der Waals surface area contributed by atoms with Crippen LogP contribution < -0.4 is 10.2 Å². The van der Waals surface area contributed by atoms with E-state index < -0.39 is 0 Å². The second-order valence-corrected chi connectivity index (χ2v) is 7.65. The monoisotopic (exact) mass is 404 g/mol. The molecule has 1 aromatic heterocycles. The summed E-state index contributed by atoms with van der Waals surface area (Å²) < 4.78 is 11.0. The maximum atomic E-state index is 12.2. The van der Waals surface area contributed by atoms with E-state index in [0.29, 0.717) is 24.7 Å². The van der Waals surface area contributed by atoms with Crippen LogP contribution in [0.5, 0.6) is 0 Å². The number of halogens is 1. The van der Waals surface area contributed by atoms with Gasteiger partial charge in [-0.05, 0) is 37.1 Å². The number of ether oxygens (including phenoxy) is 1. The minimum Gasteiger partial charge on any atom is -0.447 e. The molecule has 1 N–H and O–H groups in total. The van der Waals surface area contributed by atoms with E-state index in [0.717, 1.165) is 50.7 Å². The van der Waals surface area contributed by atoms with Gasteiger partial charge in [-0.2, -0.15) is 0 Å². The lowest BCUT2D eigenvalue weighted by Gasteiger charge is -2.35. The molecule has 0 radical (unpaired) electrons. The predicted molar refractivity (Wildman–Crippen MR) is 107 cm³/mol. The molecular weight excluding hydrogens is 380 g/mol. The molecule has 28 heavy (non-hydrogen) atoms. The summed E-state index contributed by atoms with van der Waals surface area (Å²) in [5.74, 6) is 0.361. The first-order valence-corrected chi connectivity index (χ1v) is 10.1. The van der Waals surface area contributed by atoms with Crippen molar-refractivity contribution in [2.75, 3.05) is 44.2 Å². The highest BCUT2D eigenvalue weighted by Gasteiger charge is 2.21. The second-order valence-electron chi connectivity index (χ2n) is 7.21. The van der Waals surface area contributed by atoms with Crippen molar-refractivity contribution in [2.45, 2.75) is 25.5 Å². The molecule has 1 atom stereocenters. The van der Waals surface area contributed by atoms with E-state index in [-0.39, 0.29) is 12.0 Å². The Morgan fingerprint density at radius 3 is 2.71 bits per heavy atom. The van der Waals surface area contributed by atoms with Gasteiger partial charge in [-0.15, -0.1) is 0 Å². The lowest BCUT2D eigenvalue weighted by atomic mass is 10.2. The quantitative estimate of drug-likeness (QED) is 0.797. The van der Waals surface area contributed by atoms with E-state index in [9.17, 15) is 4.79 Å². The van der Waals surface area contributed by atoms with E-state index in [1.165, 1.54) is 12.0 Å². The number of rotatable bonds is 6. The largest absolute Gasteiger partial charge is 0.447 e. The number of piperazine rings is 1. The Balaban J connectivity index is 1.24. The van der Waals surface area contributed by atoms with Gasteiger partial charge in [-0.3, -0.25) is 9.69 Å². The normalized spacial score (nSPS) is 20.5. The maximum absolute atomic E-state index is 12.2. The fraction of sp³-hybridized carbons (Fsp3) is 0.500. The number of benzene rings is 1. The third kappa shape index (κ3) is 4.84. The summed E-state index contributed by atoms with van der Waals surface area (Å²) in [7, 11) is 0. The van der Waals surface area contributed by atoms with Crippen LogP contribution >= 0.6 is 11.6 Å². The van der Waals surface area contributed by atoms with Crippen molar-refractivity contribution in [1.82, 2.24) is 15.2 Å². The number of aromatic nitrogens is 1. The molecule has 0 bridgehead atoms. The van der Waals surface area contributed by atoms with E-state index in [1.807, 2.05) is 24.3 Å². The highest BCUT2D eigenvalue weighted by atomic mass is 35.5. The fourth-order valence-electron chi connectivity index (χ4n) is 3.60. The topological polar surface area (TPSA) is 70.8 Å². The summed E-state index contributed by atoms with van der Waals surface area (Å²) in [4.78, 5) is 21.2. The van der Waals surface area contributed by atoms with Gasteiger partial charge in [0, 0.05) is 50.0 Å². The van der Waals surface area contributed by atoms with E-state index in [1.54, 1.807) is 0 Å². The lowest BCUT2D eigenvalue weighted by molar-refractivity contribution is 0.0853. The maximum Gasteiger partial charge on any atom is 0.273 e. The van der Waals surface area contributed by atoms with Crippen LogP contribution in [-0.2, 0) is 11.3 Å². The van der Waals surface area contributed by atoms with E-state index in [4.69, 9.17) is 20.8 Å². The smallest absolute Gasteiger partial charge is 0.273 e. The summed E-state index contributed by atoms with van der Waals surface area (Å²) in [5, 5.41) is 3.62. The lowest BCUT2D eigenvalue weighted by Crippen LogP contribution is -2.46. The number of oxazole rings is 1. The molecule has 0 spiro atoms. The molecule has 3 heterocycles. The second kappa shape index (κ2) is 8.94. The molecule has 8 heteroatoms. The highest BCUT2D eigenvalue weighted by Crippen LogP contribution is 2.20. The number of hydrogen-bond acceptors (Lipinski definition) is 6. The molecule has 2 aliphatic heterocycles. The third-order valence-corrected chi connectivity index (χ3v) is 5.47. The molecule has 2 aromatic rings. The van der Waals surface area contributed by atoms with E-state index >= 15 is 0 Å². The first kappa shape index (κ1) is 19.2. The van der Waals surface area contributed by atoms with Gasteiger partial charge in [0.25, 0.3) is 5.91 Å². The van der Waals surface area contributed by atoms with Crippen LogP contribution in [0, 0.1) is 0 Å². The van der Waals surface area contributed by atoms with Gasteiger partial charge in [-0.25, -0.2) is 4.98 Å². The van der Waals surface area contributed by atoms with Gasteiger partial charge < -0.3 is 19.4 Å². The van der Waals surface area contributed by atoms with Crippen molar-refractivity contribution < 1.29 is 13.9 Å². The molecular formula is C20H25ClN4O3. The third-order valence-electron chi connectivity index (χ3n) is 5.22. The summed E-state index contributed by atoms with van der Waals surface area (Å²) in [6.07, 6.45) is 3.60. The predicted octanol–water partition coefficient (Wildman–Crippen LogP) is 2.56. The van der Waals surface area contributed by atoms with Crippen LogP contribution in [0.25, 0.3) is 0 Å². The summed E-state index contributed by atoms with van der Waals surface area (Å²) in [6.45, 7) is 5.58. The number of nitrogens with one attached hydrogen (secondary N) is 1. The van der Waals surface area contributed by atoms with Crippen molar-refractivity contribution in [3.05, 3.63) is 47.1 Å². The molecule has 7 nitrogen and oxygen atoms in total. The van der Waals surface area contributed by atoms with Crippen molar-refractivity contribution in [3.63, 3.8) is 0 Å². The number of nitrogens with zero attached hydrogens (tertiary/aromatic N) is 3. The molecule has 4 rings (SSSR count). The number of carbonyl (C=O) groups is 1. The van der Waals surface area contributed by atoms with Gasteiger partial charge in [0.2, 0.25) is 5.89 Å². The van der Waals surface area contributed by atoms with Crippen LogP contribution in [-0.4, -0.2) is 61.2 Å². The molecule has 1 aromatic carbocycles. The average molecular weight is 405 g/mol. The van der Waals surface area contributed by atoms with Crippen molar-refractivity contribution >= 4 is 23.2 Å². The minimum absolute atomic E-state index is 0.118. The number of carbonyl (C=O) groups excluding carboxylic acids is 1.